The van der Waals surface area contributed by atoms with Crippen LogP contribution in [-0.2, 0) is 4.74 Å². The minimum atomic E-state index is -0.133. The third-order valence-corrected chi connectivity index (χ3v) is 4.75. The Morgan fingerprint density at radius 2 is 2.26 bits per heavy atom. The Labute approximate surface area is 122 Å². The Morgan fingerprint density at radius 3 is 3.05 bits per heavy atom. The molecule has 0 bridgehead atoms. The van der Waals surface area contributed by atoms with Crippen molar-refractivity contribution in [1.29, 1.82) is 0 Å². The van der Waals surface area contributed by atoms with Crippen molar-refractivity contribution < 1.29 is 9.47 Å². The maximum Gasteiger partial charge on any atom is 0.126 e. The van der Waals surface area contributed by atoms with Crippen molar-refractivity contribution in [2.75, 3.05) is 6.61 Å². The monoisotopic (exact) mass is 325 g/mol. The SMILES string of the molecule is CCC1CC2(CCO1)CC(N)c1ccc(Br)cc1O2. The third-order valence-electron chi connectivity index (χ3n) is 4.26. The number of nitrogens with two attached hydrogens (primary N) is 1. The van der Waals surface area contributed by atoms with Crippen LogP contribution in [0.2, 0.25) is 0 Å². The number of rotatable bonds is 1. The quantitative estimate of drug-likeness (QED) is 0.858. The molecule has 2 heterocycles. The van der Waals surface area contributed by atoms with E-state index >= 15 is 0 Å². The lowest BCUT2D eigenvalue weighted by Crippen LogP contribution is -2.49. The largest absolute Gasteiger partial charge is 0.487 e. The van der Waals surface area contributed by atoms with E-state index in [0.717, 1.165) is 48.1 Å². The summed E-state index contributed by atoms with van der Waals surface area (Å²) in [6, 6.07) is 6.19. The highest BCUT2D eigenvalue weighted by Crippen LogP contribution is 2.45. The Balaban J connectivity index is 1.90. The molecular weight excluding hydrogens is 306 g/mol. The van der Waals surface area contributed by atoms with Gasteiger partial charge in [0.2, 0.25) is 0 Å². The van der Waals surface area contributed by atoms with Gasteiger partial charge in [0.15, 0.2) is 0 Å². The molecule has 0 saturated carbocycles. The van der Waals surface area contributed by atoms with Crippen LogP contribution in [0.1, 0.15) is 44.2 Å². The first-order chi connectivity index (χ1) is 9.12. The van der Waals surface area contributed by atoms with Crippen molar-refractivity contribution in [2.24, 2.45) is 5.73 Å². The molecular formula is C15H20BrNO2. The molecule has 1 fully saturated rings. The fraction of sp³-hybridized carbons (Fsp3) is 0.600. The molecule has 0 aromatic heterocycles. The highest BCUT2D eigenvalue weighted by molar-refractivity contribution is 9.10. The number of fused-ring (bicyclic) bond motifs is 1. The zero-order valence-electron chi connectivity index (χ0n) is 11.2. The minimum Gasteiger partial charge on any atom is -0.487 e. The van der Waals surface area contributed by atoms with Gasteiger partial charge in [-0.2, -0.15) is 0 Å². The fourth-order valence-electron chi connectivity index (χ4n) is 3.22. The van der Waals surface area contributed by atoms with E-state index < -0.39 is 0 Å². The van der Waals surface area contributed by atoms with Crippen LogP contribution in [0.25, 0.3) is 0 Å². The molecule has 1 spiro atoms. The second kappa shape index (κ2) is 5.08. The molecule has 1 aromatic carbocycles. The summed E-state index contributed by atoms with van der Waals surface area (Å²) in [6.45, 7) is 2.94. The summed E-state index contributed by atoms with van der Waals surface area (Å²) in [6.07, 6.45) is 4.11. The predicted octanol–water partition coefficient (Wildman–Crippen LogP) is 3.56. The van der Waals surface area contributed by atoms with E-state index in [2.05, 4.69) is 28.9 Å². The summed E-state index contributed by atoms with van der Waals surface area (Å²) in [4.78, 5) is 0. The van der Waals surface area contributed by atoms with Crippen LogP contribution in [0.5, 0.6) is 5.75 Å². The van der Waals surface area contributed by atoms with Gasteiger partial charge in [-0.1, -0.05) is 28.9 Å². The van der Waals surface area contributed by atoms with Crippen molar-refractivity contribution in [3.8, 4) is 5.75 Å². The molecule has 3 unspecified atom stereocenters. The predicted molar refractivity (Wildman–Crippen MR) is 78.3 cm³/mol. The van der Waals surface area contributed by atoms with Gasteiger partial charge in [0.1, 0.15) is 11.4 Å². The molecule has 0 radical (unpaired) electrons. The third kappa shape index (κ3) is 2.54. The summed E-state index contributed by atoms with van der Waals surface area (Å²) in [5.41, 5.74) is 7.34. The number of ether oxygens (including phenoxy) is 2. The molecule has 3 nitrogen and oxygen atoms in total. The fourth-order valence-corrected chi connectivity index (χ4v) is 3.56. The summed E-state index contributed by atoms with van der Waals surface area (Å²) < 4.78 is 13.2. The average Bonchev–Trinajstić information content (AvgIpc) is 2.38. The topological polar surface area (TPSA) is 44.5 Å². The van der Waals surface area contributed by atoms with Crippen LogP contribution in [0, 0.1) is 0 Å². The van der Waals surface area contributed by atoms with E-state index in [-0.39, 0.29) is 11.6 Å². The first-order valence-corrected chi connectivity index (χ1v) is 7.77. The summed E-state index contributed by atoms with van der Waals surface area (Å²) in [5.74, 6) is 0.935. The molecule has 2 aliphatic rings. The van der Waals surface area contributed by atoms with E-state index in [1.807, 2.05) is 12.1 Å². The zero-order chi connectivity index (χ0) is 13.5. The van der Waals surface area contributed by atoms with E-state index in [1.54, 1.807) is 0 Å². The summed E-state index contributed by atoms with van der Waals surface area (Å²) >= 11 is 3.50. The van der Waals surface area contributed by atoms with Crippen molar-refractivity contribution in [3.05, 3.63) is 28.2 Å². The number of benzene rings is 1. The first-order valence-electron chi connectivity index (χ1n) is 6.97. The van der Waals surface area contributed by atoms with Gasteiger partial charge in [0.25, 0.3) is 0 Å². The van der Waals surface area contributed by atoms with Gasteiger partial charge in [0, 0.05) is 35.3 Å². The highest BCUT2D eigenvalue weighted by Gasteiger charge is 2.43. The van der Waals surface area contributed by atoms with E-state index in [9.17, 15) is 0 Å². The molecule has 19 heavy (non-hydrogen) atoms. The number of hydrogen-bond acceptors (Lipinski definition) is 3. The van der Waals surface area contributed by atoms with Gasteiger partial charge >= 0.3 is 0 Å². The van der Waals surface area contributed by atoms with Crippen LogP contribution < -0.4 is 10.5 Å². The average molecular weight is 326 g/mol. The van der Waals surface area contributed by atoms with Crippen molar-refractivity contribution >= 4 is 15.9 Å². The molecule has 4 heteroatoms. The Kier molecular flexibility index (Phi) is 3.58. The molecule has 0 aliphatic carbocycles. The van der Waals surface area contributed by atoms with Gasteiger partial charge in [-0.05, 0) is 18.6 Å². The van der Waals surface area contributed by atoms with Gasteiger partial charge in [-0.15, -0.1) is 0 Å². The lowest BCUT2D eigenvalue weighted by atomic mass is 9.80. The molecule has 3 rings (SSSR count). The van der Waals surface area contributed by atoms with Crippen molar-refractivity contribution in [1.82, 2.24) is 0 Å². The van der Waals surface area contributed by atoms with E-state index in [4.69, 9.17) is 15.2 Å². The Hall–Kier alpha value is -0.580. The lowest BCUT2D eigenvalue weighted by molar-refractivity contribution is -0.102. The first kappa shape index (κ1) is 13.4. The molecule has 2 aliphatic heterocycles. The summed E-state index contributed by atoms with van der Waals surface area (Å²) in [7, 11) is 0. The van der Waals surface area contributed by atoms with Crippen molar-refractivity contribution in [2.45, 2.75) is 50.4 Å². The number of hydrogen-bond donors (Lipinski definition) is 1. The summed E-state index contributed by atoms with van der Waals surface area (Å²) in [5, 5.41) is 0. The van der Waals surface area contributed by atoms with Gasteiger partial charge in [-0.25, -0.2) is 0 Å². The maximum absolute atomic E-state index is 6.35. The smallest absolute Gasteiger partial charge is 0.126 e. The van der Waals surface area contributed by atoms with Crippen LogP contribution in [0.3, 0.4) is 0 Å². The van der Waals surface area contributed by atoms with E-state index in [1.165, 1.54) is 0 Å². The second-order valence-corrected chi connectivity index (χ2v) is 6.55. The standard InChI is InChI=1S/C15H20BrNO2/c1-2-11-8-15(5-6-18-11)9-13(17)12-4-3-10(16)7-14(12)19-15/h3-4,7,11,13H,2,5-6,8-9,17H2,1H3. The van der Waals surface area contributed by atoms with Crippen LogP contribution in [-0.4, -0.2) is 18.3 Å². The normalized spacial score (nSPS) is 33.8. The van der Waals surface area contributed by atoms with Crippen LogP contribution in [0.15, 0.2) is 22.7 Å². The molecule has 1 aromatic rings. The lowest BCUT2D eigenvalue weighted by Gasteiger charge is -2.45. The molecule has 0 amide bonds. The molecule has 3 atom stereocenters. The Morgan fingerprint density at radius 1 is 1.42 bits per heavy atom. The second-order valence-electron chi connectivity index (χ2n) is 5.63. The van der Waals surface area contributed by atoms with Crippen LogP contribution in [0.4, 0.5) is 0 Å². The maximum atomic E-state index is 6.35. The molecule has 104 valence electrons. The highest BCUT2D eigenvalue weighted by atomic mass is 79.9. The minimum absolute atomic E-state index is 0.0625. The van der Waals surface area contributed by atoms with Gasteiger partial charge in [0.05, 0.1) is 12.7 Å². The van der Waals surface area contributed by atoms with Gasteiger partial charge < -0.3 is 15.2 Å². The van der Waals surface area contributed by atoms with Crippen molar-refractivity contribution in [3.63, 3.8) is 0 Å². The van der Waals surface area contributed by atoms with Gasteiger partial charge in [-0.3, -0.25) is 0 Å². The molecule has 1 saturated heterocycles. The number of halogens is 1. The molecule has 2 N–H and O–H groups in total. The zero-order valence-corrected chi connectivity index (χ0v) is 12.8. The van der Waals surface area contributed by atoms with E-state index in [0.29, 0.717) is 6.10 Å². The van der Waals surface area contributed by atoms with Crippen LogP contribution >= 0.6 is 15.9 Å². The Bertz CT molecular complexity index is 479.